The smallest absolute Gasteiger partial charge is 0.255 e. The number of nitrogen functional groups attached to an aromatic ring is 1. The lowest BCUT2D eigenvalue weighted by molar-refractivity contribution is 0.154. The van der Waals surface area contributed by atoms with Gasteiger partial charge >= 0.3 is 0 Å². The number of fused-ring (bicyclic) bond motifs is 1. The van der Waals surface area contributed by atoms with Gasteiger partial charge in [-0.2, -0.15) is 0 Å². The van der Waals surface area contributed by atoms with Crippen molar-refractivity contribution in [3.05, 3.63) is 23.8 Å². The van der Waals surface area contributed by atoms with E-state index < -0.39 is 6.43 Å². The molecule has 15 heavy (non-hydrogen) atoms. The van der Waals surface area contributed by atoms with E-state index in [2.05, 4.69) is 0 Å². The molecule has 2 N–H and O–H groups in total. The number of aryl methyl sites for hydroxylation is 1. The van der Waals surface area contributed by atoms with E-state index in [-0.39, 0.29) is 6.54 Å². The Kier molecular flexibility index (Phi) is 2.75. The van der Waals surface area contributed by atoms with Crippen molar-refractivity contribution < 1.29 is 8.78 Å². The molecular formula is C11H14F2N2. The van der Waals surface area contributed by atoms with Crippen molar-refractivity contribution in [3.63, 3.8) is 0 Å². The molecule has 0 saturated carbocycles. The zero-order valence-corrected chi connectivity index (χ0v) is 8.42. The standard InChI is InChI=1S/C11H14F2N2/c12-11(13)7-15-5-1-2-8-3-4-9(14)6-10(8)15/h3-4,6,11H,1-2,5,7,14H2. The first-order valence-corrected chi connectivity index (χ1v) is 5.08. The lowest BCUT2D eigenvalue weighted by atomic mass is 10.0. The molecule has 0 atom stereocenters. The van der Waals surface area contributed by atoms with Gasteiger partial charge < -0.3 is 10.6 Å². The number of anilines is 2. The van der Waals surface area contributed by atoms with Crippen molar-refractivity contribution in [1.82, 2.24) is 0 Å². The minimum Gasteiger partial charge on any atom is -0.399 e. The summed E-state index contributed by atoms with van der Waals surface area (Å²) in [5.74, 6) is 0. The number of hydrogen-bond donors (Lipinski definition) is 1. The molecule has 0 spiro atoms. The van der Waals surface area contributed by atoms with Crippen molar-refractivity contribution >= 4 is 11.4 Å². The van der Waals surface area contributed by atoms with Gasteiger partial charge in [0, 0.05) is 17.9 Å². The van der Waals surface area contributed by atoms with Gasteiger partial charge in [-0.25, -0.2) is 8.78 Å². The third-order valence-electron chi connectivity index (χ3n) is 2.68. The van der Waals surface area contributed by atoms with Crippen LogP contribution in [0, 0.1) is 0 Å². The minimum absolute atomic E-state index is 0.198. The molecule has 0 aliphatic carbocycles. The molecule has 0 aromatic heterocycles. The molecule has 1 aliphatic rings. The van der Waals surface area contributed by atoms with E-state index in [1.807, 2.05) is 12.1 Å². The van der Waals surface area contributed by atoms with E-state index in [0.29, 0.717) is 12.2 Å². The summed E-state index contributed by atoms with van der Waals surface area (Å²) in [5.41, 5.74) is 8.29. The van der Waals surface area contributed by atoms with E-state index in [9.17, 15) is 8.78 Å². The number of halogens is 2. The van der Waals surface area contributed by atoms with Gasteiger partial charge in [0.2, 0.25) is 0 Å². The first kappa shape index (κ1) is 10.2. The zero-order valence-electron chi connectivity index (χ0n) is 8.42. The van der Waals surface area contributed by atoms with Crippen LogP contribution in [0.4, 0.5) is 20.2 Å². The predicted molar refractivity (Wildman–Crippen MR) is 57.4 cm³/mol. The van der Waals surface area contributed by atoms with Gasteiger partial charge in [0.05, 0.1) is 6.54 Å². The van der Waals surface area contributed by atoms with Crippen LogP contribution in [0.3, 0.4) is 0 Å². The van der Waals surface area contributed by atoms with Crippen LogP contribution >= 0.6 is 0 Å². The van der Waals surface area contributed by atoms with E-state index in [1.54, 1.807) is 11.0 Å². The van der Waals surface area contributed by atoms with Gasteiger partial charge in [0.1, 0.15) is 0 Å². The number of rotatable bonds is 2. The molecule has 2 nitrogen and oxygen atoms in total. The molecule has 1 aromatic rings. The fourth-order valence-corrected chi connectivity index (χ4v) is 2.02. The number of alkyl halides is 2. The highest BCUT2D eigenvalue weighted by Crippen LogP contribution is 2.29. The molecule has 2 rings (SSSR count). The Morgan fingerprint density at radius 3 is 2.93 bits per heavy atom. The normalized spacial score (nSPS) is 15.5. The summed E-state index contributed by atoms with van der Waals surface area (Å²) >= 11 is 0. The van der Waals surface area contributed by atoms with Crippen LogP contribution in [-0.2, 0) is 6.42 Å². The maximum Gasteiger partial charge on any atom is 0.255 e. The predicted octanol–water partition coefficient (Wildman–Crippen LogP) is 2.29. The number of benzene rings is 1. The molecule has 1 heterocycles. The van der Waals surface area contributed by atoms with Gasteiger partial charge in [-0.05, 0) is 30.5 Å². The van der Waals surface area contributed by atoms with Gasteiger partial charge in [-0.1, -0.05) is 6.07 Å². The Morgan fingerprint density at radius 1 is 1.40 bits per heavy atom. The third-order valence-corrected chi connectivity index (χ3v) is 2.68. The molecule has 0 saturated heterocycles. The summed E-state index contributed by atoms with van der Waals surface area (Å²) in [4.78, 5) is 1.72. The minimum atomic E-state index is -2.29. The fourth-order valence-electron chi connectivity index (χ4n) is 2.02. The van der Waals surface area contributed by atoms with Crippen molar-refractivity contribution in [2.45, 2.75) is 19.3 Å². The van der Waals surface area contributed by atoms with Crippen molar-refractivity contribution in [2.75, 3.05) is 23.7 Å². The van der Waals surface area contributed by atoms with Crippen molar-refractivity contribution in [1.29, 1.82) is 0 Å². The molecule has 1 aliphatic heterocycles. The van der Waals surface area contributed by atoms with Crippen LogP contribution in [0.15, 0.2) is 18.2 Å². The number of nitrogens with two attached hydrogens (primary N) is 1. The van der Waals surface area contributed by atoms with Gasteiger partial charge in [-0.15, -0.1) is 0 Å². The molecule has 0 bridgehead atoms. The average Bonchev–Trinajstić information content (AvgIpc) is 2.18. The first-order valence-electron chi connectivity index (χ1n) is 5.08. The lowest BCUT2D eigenvalue weighted by Crippen LogP contribution is -2.33. The second kappa shape index (κ2) is 4.04. The number of hydrogen-bond acceptors (Lipinski definition) is 2. The summed E-state index contributed by atoms with van der Waals surface area (Å²) in [7, 11) is 0. The van der Waals surface area contributed by atoms with Crippen LogP contribution in [0.1, 0.15) is 12.0 Å². The Bertz CT molecular complexity index is 352. The molecule has 4 heteroatoms. The molecule has 0 fully saturated rings. The van der Waals surface area contributed by atoms with Crippen molar-refractivity contribution in [3.8, 4) is 0 Å². The summed E-state index contributed by atoms with van der Waals surface area (Å²) in [6, 6.07) is 5.55. The lowest BCUT2D eigenvalue weighted by Gasteiger charge is -2.31. The Morgan fingerprint density at radius 2 is 2.20 bits per heavy atom. The van der Waals surface area contributed by atoms with Crippen LogP contribution in [0.5, 0.6) is 0 Å². The Labute approximate surface area is 87.7 Å². The molecule has 1 aromatic carbocycles. The highest BCUT2D eigenvalue weighted by atomic mass is 19.3. The topological polar surface area (TPSA) is 29.3 Å². The van der Waals surface area contributed by atoms with Crippen molar-refractivity contribution in [2.24, 2.45) is 0 Å². The quantitative estimate of drug-likeness (QED) is 0.762. The monoisotopic (exact) mass is 212 g/mol. The summed E-state index contributed by atoms with van der Waals surface area (Å²) in [5, 5.41) is 0. The SMILES string of the molecule is Nc1ccc2c(c1)N(CC(F)F)CCC2. The zero-order chi connectivity index (χ0) is 10.8. The van der Waals surface area contributed by atoms with Crippen LogP contribution < -0.4 is 10.6 Å². The largest absolute Gasteiger partial charge is 0.399 e. The van der Waals surface area contributed by atoms with Crippen LogP contribution in [-0.4, -0.2) is 19.5 Å². The number of nitrogens with zero attached hydrogens (tertiary/aromatic N) is 1. The molecule has 82 valence electrons. The highest BCUT2D eigenvalue weighted by Gasteiger charge is 2.19. The van der Waals surface area contributed by atoms with E-state index in [1.165, 1.54) is 0 Å². The maximum atomic E-state index is 12.3. The van der Waals surface area contributed by atoms with Crippen LogP contribution in [0.25, 0.3) is 0 Å². The van der Waals surface area contributed by atoms with Gasteiger partial charge in [0.25, 0.3) is 6.43 Å². The van der Waals surface area contributed by atoms with Gasteiger partial charge in [-0.3, -0.25) is 0 Å². The summed E-state index contributed by atoms with van der Waals surface area (Å²) in [6.45, 7) is 0.497. The summed E-state index contributed by atoms with van der Waals surface area (Å²) in [6.07, 6.45) is -0.406. The fraction of sp³-hybridized carbons (Fsp3) is 0.455. The van der Waals surface area contributed by atoms with Gasteiger partial charge in [0.15, 0.2) is 0 Å². The highest BCUT2D eigenvalue weighted by molar-refractivity contribution is 5.62. The van der Waals surface area contributed by atoms with E-state index in [0.717, 1.165) is 24.1 Å². The average molecular weight is 212 g/mol. The summed E-state index contributed by atoms with van der Waals surface area (Å²) < 4.78 is 24.7. The van der Waals surface area contributed by atoms with E-state index in [4.69, 9.17) is 5.73 Å². The second-order valence-corrected chi connectivity index (χ2v) is 3.83. The van der Waals surface area contributed by atoms with Crippen LogP contribution in [0.2, 0.25) is 0 Å². The molecule has 0 unspecified atom stereocenters. The molecular weight excluding hydrogens is 198 g/mol. The Balaban J connectivity index is 2.28. The molecule has 0 radical (unpaired) electrons. The molecule has 0 amide bonds. The Hall–Kier alpha value is -1.32. The van der Waals surface area contributed by atoms with E-state index >= 15 is 0 Å². The maximum absolute atomic E-state index is 12.3. The third kappa shape index (κ3) is 2.19. The second-order valence-electron chi connectivity index (χ2n) is 3.83. The first-order chi connectivity index (χ1) is 7.16.